The van der Waals surface area contributed by atoms with Crippen LogP contribution in [0.4, 0.5) is 0 Å². The van der Waals surface area contributed by atoms with Gasteiger partial charge in [-0.2, -0.15) is 0 Å². The van der Waals surface area contributed by atoms with E-state index in [-0.39, 0.29) is 5.92 Å². The van der Waals surface area contributed by atoms with Crippen LogP contribution >= 0.6 is 0 Å². The third-order valence-corrected chi connectivity index (χ3v) is 2.57. The van der Waals surface area contributed by atoms with Crippen LogP contribution in [0.1, 0.15) is 26.7 Å². The summed E-state index contributed by atoms with van der Waals surface area (Å²) in [6, 6.07) is 0. The minimum atomic E-state index is -0.700. The Morgan fingerprint density at radius 3 is 2.31 bits per heavy atom. The van der Waals surface area contributed by atoms with Crippen LogP contribution in [0.3, 0.4) is 0 Å². The van der Waals surface area contributed by atoms with Crippen molar-refractivity contribution in [1.29, 1.82) is 0 Å². The first kappa shape index (κ1) is 15.4. The Morgan fingerprint density at radius 2 is 1.88 bits per heavy atom. The summed E-state index contributed by atoms with van der Waals surface area (Å²) in [6.45, 7) is 7.61. The Morgan fingerprint density at radius 1 is 1.25 bits per heavy atom. The molecule has 4 nitrogen and oxygen atoms in total. The Balaban J connectivity index is 3.91. The first-order valence-electron chi connectivity index (χ1n) is 6.07. The quantitative estimate of drug-likeness (QED) is 0.650. The van der Waals surface area contributed by atoms with Crippen molar-refractivity contribution in [2.24, 2.45) is 5.92 Å². The number of hydrogen-bond acceptors (Lipinski definition) is 3. The number of nitrogens with zero attached hydrogens (tertiary/aromatic N) is 2. The molecule has 0 aliphatic carbocycles. The van der Waals surface area contributed by atoms with Crippen LogP contribution in [0, 0.1) is 5.92 Å². The summed E-state index contributed by atoms with van der Waals surface area (Å²) >= 11 is 0. The van der Waals surface area contributed by atoms with Crippen LogP contribution in [-0.2, 0) is 4.79 Å². The van der Waals surface area contributed by atoms with E-state index in [0.29, 0.717) is 6.54 Å². The second-order valence-electron chi connectivity index (χ2n) is 4.70. The van der Waals surface area contributed by atoms with Gasteiger partial charge in [-0.05, 0) is 46.6 Å². The average Bonchev–Trinajstić information content (AvgIpc) is 2.17. The lowest BCUT2D eigenvalue weighted by Gasteiger charge is -2.24. The highest BCUT2D eigenvalue weighted by molar-refractivity contribution is 5.69. The summed E-state index contributed by atoms with van der Waals surface area (Å²) in [5, 5.41) is 8.88. The SMILES string of the molecule is CCCN(CCCN(C)C)CC(C)C(=O)O. The van der Waals surface area contributed by atoms with Gasteiger partial charge in [-0.25, -0.2) is 0 Å². The van der Waals surface area contributed by atoms with E-state index >= 15 is 0 Å². The lowest BCUT2D eigenvalue weighted by molar-refractivity contribution is -0.141. The van der Waals surface area contributed by atoms with Crippen molar-refractivity contribution in [3.8, 4) is 0 Å². The molecule has 0 saturated heterocycles. The fourth-order valence-corrected chi connectivity index (χ4v) is 1.69. The predicted molar refractivity (Wildman–Crippen MR) is 66.7 cm³/mol. The zero-order valence-electron chi connectivity index (χ0n) is 11.1. The van der Waals surface area contributed by atoms with Crippen molar-refractivity contribution in [3.63, 3.8) is 0 Å². The molecule has 0 amide bonds. The zero-order valence-corrected chi connectivity index (χ0v) is 11.1. The highest BCUT2D eigenvalue weighted by atomic mass is 16.4. The maximum atomic E-state index is 10.8. The monoisotopic (exact) mass is 230 g/mol. The van der Waals surface area contributed by atoms with Gasteiger partial charge in [0, 0.05) is 6.54 Å². The molecular weight excluding hydrogens is 204 g/mol. The molecule has 0 fully saturated rings. The van der Waals surface area contributed by atoms with E-state index in [1.54, 1.807) is 6.92 Å². The van der Waals surface area contributed by atoms with Crippen molar-refractivity contribution in [3.05, 3.63) is 0 Å². The van der Waals surface area contributed by atoms with E-state index in [2.05, 4.69) is 30.8 Å². The summed E-state index contributed by atoms with van der Waals surface area (Å²) in [4.78, 5) is 15.2. The van der Waals surface area contributed by atoms with Crippen LogP contribution in [0.15, 0.2) is 0 Å². The fraction of sp³-hybridized carbons (Fsp3) is 0.917. The van der Waals surface area contributed by atoms with E-state index in [9.17, 15) is 4.79 Å². The van der Waals surface area contributed by atoms with Gasteiger partial charge >= 0.3 is 5.97 Å². The second kappa shape index (κ2) is 8.53. The normalized spacial score (nSPS) is 13.4. The van der Waals surface area contributed by atoms with Crippen molar-refractivity contribution in [2.45, 2.75) is 26.7 Å². The van der Waals surface area contributed by atoms with Crippen molar-refractivity contribution in [2.75, 3.05) is 40.3 Å². The molecule has 1 N–H and O–H groups in total. The Bertz CT molecular complexity index is 195. The lowest BCUT2D eigenvalue weighted by Crippen LogP contribution is -2.34. The number of rotatable bonds is 9. The first-order chi connectivity index (χ1) is 7.47. The van der Waals surface area contributed by atoms with Gasteiger partial charge in [-0.1, -0.05) is 13.8 Å². The number of aliphatic carboxylic acids is 1. The molecule has 0 bridgehead atoms. The summed E-state index contributed by atoms with van der Waals surface area (Å²) < 4.78 is 0. The summed E-state index contributed by atoms with van der Waals surface area (Å²) in [5.41, 5.74) is 0. The molecule has 0 aromatic heterocycles. The standard InChI is InChI=1S/C12H26N2O2/c1-5-7-14(9-6-8-13(3)4)10-11(2)12(15)16/h11H,5-10H2,1-4H3,(H,15,16). The van der Waals surface area contributed by atoms with Gasteiger partial charge in [0.05, 0.1) is 5.92 Å². The van der Waals surface area contributed by atoms with E-state index in [4.69, 9.17) is 5.11 Å². The molecule has 0 aromatic rings. The lowest BCUT2D eigenvalue weighted by atomic mass is 10.1. The molecule has 0 rings (SSSR count). The van der Waals surface area contributed by atoms with Gasteiger partial charge in [0.2, 0.25) is 0 Å². The van der Waals surface area contributed by atoms with E-state index in [1.165, 1.54) is 0 Å². The minimum Gasteiger partial charge on any atom is -0.481 e. The third-order valence-electron chi connectivity index (χ3n) is 2.57. The predicted octanol–water partition coefficient (Wildman–Crippen LogP) is 1.37. The van der Waals surface area contributed by atoms with Gasteiger partial charge < -0.3 is 14.9 Å². The highest BCUT2D eigenvalue weighted by Gasteiger charge is 2.15. The number of hydrogen-bond donors (Lipinski definition) is 1. The maximum Gasteiger partial charge on any atom is 0.307 e. The molecule has 1 atom stereocenters. The fourth-order valence-electron chi connectivity index (χ4n) is 1.69. The van der Waals surface area contributed by atoms with Gasteiger partial charge in [0.15, 0.2) is 0 Å². The topological polar surface area (TPSA) is 43.8 Å². The molecule has 0 radical (unpaired) electrons. The van der Waals surface area contributed by atoms with E-state index < -0.39 is 5.97 Å². The van der Waals surface area contributed by atoms with E-state index in [1.807, 2.05) is 0 Å². The highest BCUT2D eigenvalue weighted by Crippen LogP contribution is 2.02. The Hall–Kier alpha value is -0.610. The van der Waals surface area contributed by atoms with Gasteiger partial charge in [0.1, 0.15) is 0 Å². The van der Waals surface area contributed by atoms with Gasteiger partial charge in [0.25, 0.3) is 0 Å². The Kier molecular flexibility index (Phi) is 8.21. The van der Waals surface area contributed by atoms with Crippen LogP contribution in [-0.4, -0.2) is 61.2 Å². The van der Waals surface area contributed by atoms with Crippen LogP contribution < -0.4 is 0 Å². The summed E-state index contributed by atoms with van der Waals surface area (Å²) in [7, 11) is 4.12. The number of carbonyl (C=O) groups is 1. The molecule has 0 heterocycles. The van der Waals surface area contributed by atoms with Gasteiger partial charge in [-0.3, -0.25) is 4.79 Å². The molecular formula is C12H26N2O2. The Labute approximate surface area is 99.2 Å². The molecule has 0 aliphatic rings. The molecule has 16 heavy (non-hydrogen) atoms. The molecule has 0 aliphatic heterocycles. The second-order valence-corrected chi connectivity index (χ2v) is 4.70. The van der Waals surface area contributed by atoms with E-state index in [0.717, 1.165) is 32.5 Å². The summed E-state index contributed by atoms with van der Waals surface area (Å²) in [6.07, 6.45) is 2.17. The molecule has 0 spiro atoms. The minimum absolute atomic E-state index is 0.272. The van der Waals surface area contributed by atoms with Crippen LogP contribution in [0.2, 0.25) is 0 Å². The molecule has 96 valence electrons. The van der Waals surface area contributed by atoms with Crippen molar-refractivity contribution >= 4 is 5.97 Å². The number of carboxylic acids is 1. The van der Waals surface area contributed by atoms with Crippen LogP contribution in [0.5, 0.6) is 0 Å². The average molecular weight is 230 g/mol. The van der Waals surface area contributed by atoms with Crippen LogP contribution in [0.25, 0.3) is 0 Å². The largest absolute Gasteiger partial charge is 0.481 e. The van der Waals surface area contributed by atoms with Crippen molar-refractivity contribution in [1.82, 2.24) is 9.80 Å². The first-order valence-corrected chi connectivity index (χ1v) is 6.07. The molecule has 1 unspecified atom stereocenters. The van der Waals surface area contributed by atoms with Crippen molar-refractivity contribution < 1.29 is 9.90 Å². The molecule has 4 heteroatoms. The number of carboxylic acid groups (broad SMARTS) is 1. The molecule has 0 saturated carbocycles. The molecule has 0 aromatic carbocycles. The van der Waals surface area contributed by atoms with Gasteiger partial charge in [-0.15, -0.1) is 0 Å². The smallest absolute Gasteiger partial charge is 0.307 e. The maximum absolute atomic E-state index is 10.8. The zero-order chi connectivity index (χ0) is 12.6. The summed E-state index contributed by atoms with van der Waals surface area (Å²) in [5.74, 6) is -0.973. The third kappa shape index (κ3) is 7.65.